The number of nitrogens with zero attached hydrogens (tertiary/aromatic N) is 3. The van der Waals surface area contributed by atoms with Crippen LogP contribution in [0.5, 0.6) is 0 Å². The van der Waals surface area contributed by atoms with Crippen molar-refractivity contribution < 1.29 is 0 Å². The smallest absolute Gasteiger partial charge is 0.206 e. The molecule has 0 bridgehead atoms. The van der Waals surface area contributed by atoms with Gasteiger partial charge in [0.25, 0.3) is 0 Å². The monoisotopic (exact) mass is 263 g/mol. The average Bonchev–Trinajstić information content (AvgIpc) is 3.05. The van der Waals surface area contributed by atoms with Gasteiger partial charge < -0.3 is 9.80 Å². The highest BCUT2D eigenvalue weighted by molar-refractivity contribution is 6.17. The minimum absolute atomic E-state index is 0.244. The molecule has 0 fully saturated rings. The maximum atomic E-state index is 4.96. The molecule has 20 heavy (non-hydrogen) atoms. The molecule has 1 atom stereocenters. The lowest BCUT2D eigenvalue weighted by Crippen LogP contribution is -2.35. The first-order valence-electron chi connectivity index (χ1n) is 7.15. The van der Waals surface area contributed by atoms with Crippen LogP contribution in [0.15, 0.2) is 59.6 Å². The molecule has 0 spiro atoms. The SMILES string of the molecule is CCN1C2=N[C@H](c3ccccc3)CN2c2ccccc21. The third kappa shape index (κ3) is 1.56. The van der Waals surface area contributed by atoms with E-state index in [4.69, 9.17) is 4.99 Å². The molecule has 2 aliphatic heterocycles. The summed E-state index contributed by atoms with van der Waals surface area (Å²) < 4.78 is 0. The molecule has 4 rings (SSSR count). The van der Waals surface area contributed by atoms with Gasteiger partial charge in [-0.1, -0.05) is 42.5 Å². The molecule has 0 radical (unpaired) electrons. The van der Waals surface area contributed by atoms with Crippen LogP contribution in [-0.2, 0) is 0 Å². The largest absolute Gasteiger partial charge is 0.310 e. The highest BCUT2D eigenvalue weighted by Crippen LogP contribution is 2.41. The molecule has 0 aliphatic carbocycles. The van der Waals surface area contributed by atoms with Crippen molar-refractivity contribution in [2.45, 2.75) is 13.0 Å². The number of hydrogen-bond donors (Lipinski definition) is 0. The zero-order chi connectivity index (χ0) is 13.5. The molecule has 0 N–H and O–H groups in total. The normalized spacial score (nSPS) is 19.9. The maximum absolute atomic E-state index is 4.96. The standard InChI is InChI=1S/C17H17N3/c1-2-19-15-10-6-7-11-16(15)20-12-14(18-17(19)20)13-8-4-3-5-9-13/h3-11,14H,2,12H2,1H3/t14-/m0/s1. The van der Waals surface area contributed by atoms with E-state index in [0.717, 1.165) is 19.0 Å². The number of rotatable bonds is 2. The van der Waals surface area contributed by atoms with Crippen molar-refractivity contribution in [3.05, 3.63) is 60.2 Å². The average molecular weight is 263 g/mol. The fourth-order valence-corrected chi connectivity index (χ4v) is 3.12. The van der Waals surface area contributed by atoms with Crippen molar-refractivity contribution in [2.24, 2.45) is 4.99 Å². The van der Waals surface area contributed by atoms with E-state index in [-0.39, 0.29) is 6.04 Å². The molecule has 3 nitrogen and oxygen atoms in total. The van der Waals surface area contributed by atoms with Crippen LogP contribution in [0.2, 0.25) is 0 Å². The van der Waals surface area contributed by atoms with Crippen LogP contribution in [0.1, 0.15) is 18.5 Å². The Morgan fingerprint density at radius 3 is 2.45 bits per heavy atom. The number of guanidine groups is 1. The van der Waals surface area contributed by atoms with Gasteiger partial charge in [-0.15, -0.1) is 0 Å². The summed E-state index contributed by atoms with van der Waals surface area (Å²) in [6.45, 7) is 4.07. The lowest BCUT2D eigenvalue weighted by Gasteiger charge is -2.16. The first-order chi connectivity index (χ1) is 9.88. The van der Waals surface area contributed by atoms with Crippen LogP contribution in [0, 0.1) is 0 Å². The van der Waals surface area contributed by atoms with Gasteiger partial charge in [0.2, 0.25) is 5.96 Å². The summed E-state index contributed by atoms with van der Waals surface area (Å²) >= 11 is 0. The Bertz CT molecular complexity index is 663. The quantitative estimate of drug-likeness (QED) is 0.826. The fourth-order valence-electron chi connectivity index (χ4n) is 3.12. The van der Waals surface area contributed by atoms with Gasteiger partial charge in [0.1, 0.15) is 0 Å². The van der Waals surface area contributed by atoms with E-state index >= 15 is 0 Å². The molecule has 2 heterocycles. The number of aliphatic imine (C=N–C) groups is 1. The molecule has 3 heteroatoms. The van der Waals surface area contributed by atoms with Gasteiger partial charge in [-0.2, -0.15) is 0 Å². The summed E-state index contributed by atoms with van der Waals surface area (Å²) in [5, 5.41) is 0. The zero-order valence-electron chi connectivity index (χ0n) is 11.5. The summed E-state index contributed by atoms with van der Waals surface area (Å²) in [5.74, 6) is 1.10. The number of hydrogen-bond acceptors (Lipinski definition) is 3. The van der Waals surface area contributed by atoms with Crippen LogP contribution in [0.25, 0.3) is 0 Å². The number of anilines is 2. The Kier molecular flexibility index (Phi) is 2.52. The molecular weight excluding hydrogens is 246 g/mol. The van der Waals surface area contributed by atoms with Crippen LogP contribution >= 0.6 is 0 Å². The topological polar surface area (TPSA) is 18.8 Å². The molecule has 100 valence electrons. The Morgan fingerprint density at radius 1 is 1.00 bits per heavy atom. The predicted molar refractivity (Wildman–Crippen MR) is 83.4 cm³/mol. The number of fused-ring (bicyclic) bond motifs is 3. The van der Waals surface area contributed by atoms with Crippen molar-refractivity contribution in [1.82, 2.24) is 0 Å². The summed E-state index contributed by atoms with van der Waals surface area (Å²) in [4.78, 5) is 9.60. The summed E-state index contributed by atoms with van der Waals surface area (Å²) in [6.07, 6.45) is 0. The van der Waals surface area contributed by atoms with Gasteiger partial charge in [-0.05, 0) is 24.6 Å². The first kappa shape index (κ1) is 11.5. The van der Waals surface area contributed by atoms with Gasteiger partial charge in [-0.25, -0.2) is 4.99 Å². The zero-order valence-corrected chi connectivity index (χ0v) is 11.5. The van der Waals surface area contributed by atoms with Crippen molar-refractivity contribution in [3.63, 3.8) is 0 Å². The Hall–Kier alpha value is -2.29. The minimum atomic E-state index is 0.244. The molecule has 0 aromatic heterocycles. The summed E-state index contributed by atoms with van der Waals surface area (Å²) in [5.41, 5.74) is 3.86. The predicted octanol–water partition coefficient (Wildman–Crippen LogP) is 3.44. The van der Waals surface area contributed by atoms with Gasteiger partial charge >= 0.3 is 0 Å². The molecule has 0 saturated heterocycles. The van der Waals surface area contributed by atoms with Gasteiger partial charge in [0.15, 0.2) is 0 Å². The second-order valence-electron chi connectivity index (χ2n) is 5.20. The highest BCUT2D eigenvalue weighted by Gasteiger charge is 2.38. The molecule has 0 amide bonds. The van der Waals surface area contributed by atoms with Crippen molar-refractivity contribution in [2.75, 3.05) is 22.9 Å². The van der Waals surface area contributed by atoms with E-state index in [1.54, 1.807) is 0 Å². The van der Waals surface area contributed by atoms with Gasteiger partial charge in [0, 0.05) is 6.54 Å². The van der Waals surface area contributed by atoms with E-state index in [2.05, 4.69) is 71.3 Å². The van der Waals surface area contributed by atoms with Crippen LogP contribution in [-0.4, -0.2) is 19.0 Å². The van der Waals surface area contributed by atoms with Crippen molar-refractivity contribution >= 4 is 17.3 Å². The third-order valence-corrected chi connectivity index (χ3v) is 4.07. The summed E-state index contributed by atoms with van der Waals surface area (Å²) in [6, 6.07) is 19.4. The molecule has 2 aliphatic rings. The van der Waals surface area contributed by atoms with E-state index in [1.165, 1.54) is 16.9 Å². The minimum Gasteiger partial charge on any atom is -0.310 e. The van der Waals surface area contributed by atoms with Crippen molar-refractivity contribution in [1.29, 1.82) is 0 Å². The second kappa shape index (κ2) is 4.37. The first-order valence-corrected chi connectivity index (χ1v) is 7.15. The van der Waals surface area contributed by atoms with Crippen molar-refractivity contribution in [3.8, 4) is 0 Å². The van der Waals surface area contributed by atoms with Gasteiger partial charge in [-0.3, -0.25) is 0 Å². The molecule has 2 aromatic carbocycles. The Labute approximate surface area is 119 Å². The molecular formula is C17H17N3. The third-order valence-electron chi connectivity index (χ3n) is 4.07. The van der Waals surface area contributed by atoms with E-state index < -0.39 is 0 Å². The second-order valence-corrected chi connectivity index (χ2v) is 5.20. The van der Waals surface area contributed by atoms with E-state index in [0.29, 0.717) is 0 Å². The van der Waals surface area contributed by atoms with E-state index in [1.807, 2.05) is 0 Å². The molecule has 2 aromatic rings. The Balaban J connectivity index is 1.75. The lowest BCUT2D eigenvalue weighted by atomic mass is 10.1. The maximum Gasteiger partial charge on any atom is 0.206 e. The number of para-hydroxylation sites is 2. The summed E-state index contributed by atoms with van der Waals surface area (Å²) in [7, 11) is 0. The van der Waals surface area contributed by atoms with Gasteiger partial charge in [0.05, 0.1) is 24.0 Å². The number of benzene rings is 2. The fraction of sp³-hybridized carbons (Fsp3) is 0.235. The van der Waals surface area contributed by atoms with E-state index in [9.17, 15) is 0 Å². The highest BCUT2D eigenvalue weighted by atomic mass is 15.5. The van der Waals surface area contributed by atoms with Crippen LogP contribution in [0.4, 0.5) is 11.4 Å². The molecule has 0 saturated carbocycles. The molecule has 0 unspecified atom stereocenters. The Morgan fingerprint density at radius 2 is 1.70 bits per heavy atom. The van der Waals surface area contributed by atoms with Crippen LogP contribution in [0.3, 0.4) is 0 Å². The lowest BCUT2D eigenvalue weighted by molar-refractivity contribution is 0.780. The van der Waals surface area contributed by atoms with Crippen LogP contribution < -0.4 is 9.80 Å².